The van der Waals surface area contributed by atoms with E-state index in [1.807, 2.05) is 36.4 Å². The molecule has 1 atom stereocenters. The van der Waals surface area contributed by atoms with Crippen LogP contribution in [-0.2, 0) is 20.8 Å². The van der Waals surface area contributed by atoms with Gasteiger partial charge in [0, 0.05) is 25.4 Å². The number of carbonyl (C=O) groups is 1. The molecule has 2 aliphatic rings. The van der Waals surface area contributed by atoms with E-state index in [4.69, 9.17) is 14.2 Å². The molecule has 1 aromatic rings. The van der Waals surface area contributed by atoms with Crippen molar-refractivity contribution in [3.63, 3.8) is 0 Å². The minimum atomic E-state index is -0.551. The van der Waals surface area contributed by atoms with Crippen LogP contribution in [0.25, 0.3) is 0 Å². The van der Waals surface area contributed by atoms with E-state index in [-0.39, 0.29) is 12.0 Å². The highest BCUT2D eigenvalue weighted by molar-refractivity contribution is 5.67. The van der Waals surface area contributed by atoms with E-state index >= 15 is 0 Å². The maximum atomic E-state index is 12.3. The Labute approximate surface area is 136 Å². The van der Waals surface area contributed by atoms with Gasteiger partial charge < -0.3 is 19.1 Å². The van der Waals surface area contributed by atoms with Crippen LogP contribution in [0.1, 0.15) is 18.4 Å². The largest absolute Gasteiger partial charge is 0.445 e. The normalized spacial score (nSPS) is 23.0. The highest BCUT2D eigenvalue weighted by Crippen LogP contribution is 2.38. The Balaban J connectivity index is 1.58. The summed E-state index contributed by atoms with van der Waals surface area (Å²) in [5, 5.41) is 0. The van der Waals surface area contributed by atoms with Crippen molar-refractivity contribution >= 4 is 6.09 Å². The molecule has 5 heteroatoms. The fourth-order valence-electron chi connectivity index (χ4n) is 3.27. The van der Waals surface area contributed by atoms with Crippen molar-refractivity contribution < 1.29 is 19.0 Å². The number of ether oxygens (including phenoxy) is 3. The van der Waals surface area contributed by atoms with Gasteiger partial charge in [-0.15, -0.1) is 6.58 Å². The minimum Gasteiger partial charge on any atom is -0.445 e. The summed E-state index contributed by atoms with van der Waals surface area (Å²) in [7, 11) is 0. The van der Waals surface area contributed by atoms with E-state index in [9.17, 15) is 4.79 Å². The molecule has 0 N–H and O–H groups in total. The summed E-state index contributed by atoms with van der Waals surface area (Å²) in [6.07, 6.45) is 3.00. The molecule has 1 unspecified atom stereocenters. The highest BCUT2D eigenvalue weighted by Gasteiger charge is 2.48. The Kier molecular flexibility index (Phi) is 4.98. The standard InChI is InChI=1S/C18H23NO4/c1-2-6-16-13-19(10-9-18(16)22-11-12-23-18)17(20)21-14-15-7-4-3-5-8-15/h2-5,7-8,16H,1,6,9-14H2. The third-order valence-electron chi connectivity index (χ3n) is 4.48. The second-order valence-corrected chi connectivity index (χ2v) is 5.97. The Bertz CT molecular complexity index is 539. The van der Waals surface area contributed by atoms with Crippen LogP contribution in [-0.4, -0.2) is 43.1 Å². The smallest absolute Gasteiger partial charge is 0.410 e. The van der Waals surface area contributed by atoms with Crippen molar-refractivity contribution in [1.29, 1.82) is 0 Å². The lowest BCUT2D eigenvalue weighted by Crippen LogP contribution is -2.54. The van der Waals surface area contributed by atoms with Crippen molar-refractivity contribution in [2.75, 3.05) is 26.3 Å². The van der Waals surface area contributed by atoms with Gasteiger partial charge in [0.1, 0.15) is 6.61 Å². The van der Waals surface area contributed by atoms with E-state index in [1.165, 1.54) is 0 Å². The molecular formula is C18H23NO4. The summed E-state index contributed by atoms with van der Waals surface area (Å²) in [6, 6.07) is 9.70. The van der Waals surface area contributed by atoms with Crippen LogP contribution >= 0.6 is 0 Å². The zero-order valence-corrected chi connectivity index (χ0v) is 13.3. The SMILES string of the molecule is C=CCC1CN(C(=O)OCc2ccccc2)CCC12OCCO2. The minimum absolute atomic E-state index is 0.0977. The fourth-order valence-corrected chi connectivity index (χ4v) is 3.27. The molecule has 1 aromatic carbocycles. The number of nitrogens with zero attached hydrogens (tertiary/aromatic N) is 1. The number of hydrogen-bond donors (Lipinski definition) is 0. The molecule has 124 valence electrons. The van der Waals surface area contributed by atoms with Crippen molar-refractivity contribution in [3.05, 3.63) is 48.6 Å². The monoisotopic (exact) mass is 317 g/mol. The fraction of sp³-hybridized carbons (Fsp3) is 0.500. The van der Waals surface area contributed by atoms with Gasteiger partial charge in [0.15, 0.2) is 5.79 Å². The van der Waals surface area contributed by atoms with Crippen LogP contribution in [0.5, 0.6) is 0 Å². The Morgan fingerprint density at radius 1 is 1.35 bits per heavy atom. The first-order valence-electron chi connectivity index (χ1n) is 8.08. The third-order valence-corrected chi connectivity index (χ3v) is 4.48. The average molecular weight is 317 g/mol. The molecule has 1 spiro atoms. The first-order valence-corrected chi connectivity index (χ1v) is 8.08. The van der Waals surface area contributed by atoms with Crippen LogP contribution in [0.15, 0.2) is 43.0 Å². The zero-order chi connectivity index (χ0) is 16.1. The molecule has 3 rings (SSSR count). The van der Waals surface area contributed by atoms with Gasteiger partial charge in [-0.05, 0) is 12.0 Å². The van der Waals surface area contributed by atoms with E-state index in [0.29, 0.717) is 39.3 Å². The van der Waals surface area contributed by atoms with Crippen LogP contribution in [0, 0.1) is 5.92 Å². The summed E-state index contributed by atoms with van der Waals surface area (Å²) in [5.41, 5.74) is 0.986. The highest BCUT2D eigenvalue weighted by atomic mass is 16.7. The van der Waals surface area contributed by atoms with Gasteiger partial charge in [0.25, 0.3) is 0 Å². The topological polar surface area (TPSA) is 48.0 Å². The number of benzene rings is 1. The number of amides is 1. The van der Waals surface area contributed by atoms with E-state index in [1.54, 1.807) is 4.90 Å². The van der Waals surface area contributed by atoms with Gasteiger partial charge in [0.05, 0.1) is 13.2 Å². The Morgan fingerprint density at radius 3 is 2.78 bits per heavy atom. The van der Waals surface area contributed by atoms with Crippen LogP contribution in [0.3, 0.4) is 0 Å². The number of hydrogen-bond acceptors (Lipinski definition) is 4. The molecule has 0 aliphatic carbocycles. The Morgan fingerprint density at radius 2 is 2.09 bits per heavy atom. The summed E-state index contributed by atoms with van der Waals surface area (Å²) in [5.74, 6) is -0.453. The first kappa shape index (κ1) is 16.0. The van der Waals surface area contributed by atoms with Gasteiger partial charge in [0.2, 0.25) is 0 Å². The van der Waals surface area contributed by atoms with E-state index < -0.39 is 5.79 Å². The number of piperidine rings is 1. The van der Waals surface area contributed by atoms with Gasteiger partial charge in [-0.2, -0.15) is 0 Å². The number of allylic oxidation sites excluding steroid dienone is 1. The predicted octanol–water partition coefficient (Wildman–Crippen LogP) is 2.96. The van der Waals surface area contributed by atoms with E-state index in [0.717, 1.165) is 12.0 Å². The quantitative estimate of drug-likeness (QED) is 0.801. The van der Waals surface area contributed by atoms with E-state index in [2.05, 4.69) is 6.58 Å². The second-order valence-electron chi connectivity index (χ2n) is 5.97. The molecular weight excluding hydrogens is 294 g/mol. The lowest BCUT2D eigenvalue weighted by Gasteiger charge is -2.43. The maximum Gasteiger partial charge on any atom is 0.410 e. The molecule has 0 radical (unpaired) electrons. The molecule has 0 aromatic heterocycles. The average Bonchev–Trinajstić information content (AvgIpc) is 3.05. The number of carbonyl (C=O) groups excluding carboxylic acids is 1. The molecule has 2 heterocycles. The Hall–Kier alpha value is -1.85. The maximum absolute atomic E-state index is 12.3. The van der Waals surface area contributed by atoms with Crippen molar-refractivity contribution in [1.82, 2.24) is 4.90 Å². The van der Waals surface area contributed by atoms with Crippen molar-refractivity contribution in [3.8, 4) is 0 Å². The van der Waals surface area contributed by atoms with Gasteiger partial charge >= 0.3 is 6.09 Å². The zero-order valence-electron chi connectivity index (χ0n) is 13.3. The first-order chi connectivity index (χ1) is 11.2. The summed E-state index contributed by atoms with van der Waals surface area (Å²) < 4.78 is 17.1. The van der Waals surface area contributed by atoms with Gasteiger partial charge in [-0.1, -0.05) is 36.4 Å². The molecule has 0 saturated carbocycles. The lowest BCUT2D eigenvalue weighted by atomic mass is 9.88. The number of likely N-dealkylation sites (tertiary alicyclic amines) is 1. The van der Waals surface area contributed by atoms with Crippen LogP contribution in [0.4, 0.5) is 4.79 Å². The number of rotatable bonds is 4. The lowest BCUT2D eigenvalue weighted by molar-refractivity contribution is -0.217. The molecule has 5 nitrogen and oxygen atoms in total. The predicted molar refractivity (Wildman–Crippen MR) is 85.8 cm³/mol. The molecule has 0 bridgehead atoms. The molecule has 2 aliphatic heterocycles. The summed E-state index contributed by atoms with van der Waals surface area (Å²) >= 11 is 0. The second kappa shape index (κ2) is 7.15. The van der Waals surface area contributed by atoms with Gasteiger partial charge in [-0.3, -0.25) is 0 Å². The van der Waals surface area contributed by atoms with Crippen LogP contribution < -0.4 is 0 Å². The van der Waals surface area contributed by atoms with Crippen LogP contribution in [0.2, 0.25) is 0 Å². The van der Waals surface area contributed by atoms with Gasteiger partial charge in [-0.25, -0.2) is 4.79 Å². The van der Waals surface area contributed by atoms with Crippen molar-refractivity contribution in [2.45, 2.75) is 25.2 Å². The molecule has 1 amide bonds. The summed E-state index contributed by atoms with van der Waals surface area (Å²) in [6.45, 7) is 6.49. The molecule has 2 saturated heterocycles. The van der Waals surface area contributed by atoms with Crippen molar-refractivity contribution in [2.24, 2.45) is 5.92 Å². The third kappa shape index (κ3) is 3.57. The molecule has 2 fully saturated rings. The molecule has 23 heavy (non-hydrogen) atoms. The summed E-state index contributed by atoms with van der Waals surface area (Å²) in [4.78, 5) is 14.1.